The van der Waals surface area contributed by atoms with Crippen molar-refractivity contribution >= 4 is 0 Å². The summed E-state index contributed by atoms with van der Waals surface area (Å²) in [5.74, 6) is 0.265. The molecule has 1 aliphatic carbocycles. The molecule has 0 bridgehead atoms. The third-order valence-corrected chi connectivity index (χ3v) is 3.45. The van der Waals surface area contributed by atoms with E-state index in [-0.39, 0.29) is 118 Å². The molecular weight excluding hydrogens is 630 g/mol. The Kier molecular flexibility index (Phi) is 13.9. The van der Waals surface area contributed by atoms with Crippen LogP contribution in [0.2, 0.25) is 0 Å². The summed E-state index contributed by atoms with van der Waals surface area (Å²) in [6, 6.07) is -0.149. The molecule has 0 heterocycles. The number of nitrogens with one attached hydrogen (secondary N) is 1. The fraction of sp³-hybridized carbons (Fsp3) is 1.00. The van der Waals surface area contributed by atoms with Crippen molar-refractivity contribution in [1.29, 1.82) is 0 Å². The van der Waals surface area contributed by atoms with Crippen LogP contribution in [0.15, 0.2) is 0 Å². The standard InChI is InChI=1S/C11H23N2O.2Ac/c1-3-4-5-8(12)10-9(13)6-7(2)11(10)14;;/h7-12,14H,3-6,13H2,1-2H3;;/q-1;;. The summed E-state index contributed by atoms with van der Waals surface area (Å²) in [7, 11) is 0. The predicted molar refractivity (Wildman–Crippen MR) is 58.9 cm³/mol. The molecule has 0 aliphatic heterocycles. The van der Waals surface area contributed by atoms with Crippen LogP contribution in [0.3, 0.4) is 0 Å². The molecule has 16 heavy (non-hydrogen) atoms. The number of aliphatic hydroxyl groups is 1. The Bertz CT molecular complexity index is 183. The van der Waals surface area contributed by atoms with E-state index in [0.29, 0.717) is 0 Å². The monoisotopic (exact) mass is 653 g/mol. The molecule has 0 aromatic carbocycles. The Morgan fingerprint density at radius 2 is 2.00 bits per heavy atom. The van der Waals surface area contributed by atoms with Gasteiger partial charge in [-0.25, -0.2) is 0 Å². The van der Waals surface area contributed by atoms with Crippen molar-refractivity contribution in [1.82, 2.24) is 0 Å². The Labute approximate surface area is 171 Å². The molecule has 5 unspecified atom stereocenters. The van der Waals surface area contributed by atoms with Crippen LogP contribution < -0.4 is 5.73 Å². The molecule has 90 valence electrons. The molecule has 1 aliphatic rings. The molecule has 1 saturated carbocycles. The first-order valence-electron chi connectivity index (χ1n) is 5.72. The summed E-state index contributed by atoms with van der Waals surface area (Å²) in [6.07, 6.45) is 3.57. The van der Waals surface area contributed by atoms with E-state index >= 15 is 0 Å². The van der Waals surface area contributed by atoms with E-state index in [0.717, 1.165) is 25.7 Å². The van der Waals surface area contributed by atoms with Crippen LogP contribution in [0.1, 0.15) is 39.5 Å². The maximum absolute atomic E-state index is 9.90. The molecule has 1 fully saturated rings. The van der Waals surface area contributed by atoms with Gasteiger partial charge in [-0.3, -0.25) is 0 Å². The van der Waals surface area contributed by atoms with Gasteiger partial charge in [-0.2, -0.15) is 0 Å². The van der Waals surface area contributed by atoms with Gasteiger partial charge in [-0.1, -0.05) is 33.1 Å². The van der Waals surface area contributed by atoms with E-state index in [1.54, 1.807) is 0 Å². The van der Waals surface area contributed by atoms with E-state index in [2.05, 4.69) is 6.92 Å². The molecule has 0 aromatic rings. The molecule has 4 N–H and O–H groups in total. The zero-order chi connectivity index (χ0) is 10.7. The Morgan fingerprint density at radius 3 is 2.38 bits per heavy atom. The predicted octanol–water partition coefficient (Wildman–Crippen LogP) is 1.94. The van der Waals surface area contributed by atoms with Gasteiger partial charge in [-0.05, 0) is 18.3 Å². The molecule has 5 atom stereocenters. The van der Waals surface area contributed by atoms with Crippen LogP contribution in [0.4, 0.5) is 0 Å². The second-order valence-corrected chi connectivity index (χ2v) is 4.69. The summed E-state index contributed by atoms with van der Waals surface area (Å²) in [5, 5.41) is 9.90. The normalized spacial score (nSPS) is 35.1. The second kappa shape index (κ2) is 10.5. The molecule has 5 heteroatoms. The molecule has 0 saturated heterocycles. The molecule has 0 amide bonds. The van der Waals surface area contributed by atoms with Gasteiger partial charge in [0.05, 0.1) is 6.10 Å². The quantitative estimate of drug-likeness (QED) is 0.488. The van der Waals surface area contributed by atoms with Crippen LogP contribution >= 0.6 is 0 Å². The van der Waals surface area contributed by atoms with Gasteiger partial charge in [-0.15, -0.1) is 6.04 Å². The van der Waals surface area contributed by atoms with E-state index in [9.17, 15) is 5.11 Å². The maximum Gasteiger partial charge on any atom is 0.0595 e. The van der Waals surface area contributed by atoms with Crippen LogP contribution in [0, 0.1) is 100.0 Å². The van der Waals surface area contributed by atoms with Gasteiger partial charge in [0.15, 0.2) is 0 Å². The maximum atomic E-state index is 9.90. The minimum Gasteiger partial charge on any atom is -0.674 e. The topological polar surface area (TPSA) is 70.0 Å². The SMILES string of the molecule is CCCCC([NH-])C1C(N)CC(C)C1O.[Ac].[Ac]. The molecule has 1 rings (SSSR count). The summed E-state index contributed by atoms with van der Waals surface area (Å²) < 4.78 is 0. The Balaban J connectivity index is 0. The molecule has 0 spiro atoms. The van der Waals surface area contributed by atoms with Gasteiger partial charge in [0, 0.05) is 94.2 Å². The van der Waals surface area contributed by atoms with Gasteiger partial charge in [0.25, 0.3) is 0 Å². The summed E-state index contributed by atoms with van der Waals surface area (Å²) in [6.45, 7) is 4.15. The average Bonchev–Trinajstić information content (AvgIpc) is 2.38. The molecule has 2 radical (unpaired) electrons. The second-order valence-electron chi connectivity index (χ2n) is 4.69. The van der Waals surface area contributed by atoms with Crippen molar-refractivity contribution in [3.05, 3.63) is 5.73 Å². The summed E-state index contributed by atoms with van der Waals surface area (Å²) in [4.78, 5) is 0. The molecular formula is C11H23Ac2N2O-. The van der Waals surface area contributed by atoms with Crippen molar-refractivity contribution < 1.29 is 93.2 Å². The van der Waals surface area contributed by atoms with Crippen molar-refractivity contribution in [3.63, 3.8) is 0 Å². The summed E-state index contributed by atoms with van der Waals surface area (Å²) in [5.41, 5.74) is 13.9. The van der Waals surface area contributed by atoms with E-state index in [4.69, 9.17) is 11.5 Å². The van der Waals surface area contributed by atoms with E-state index in [1.807, 2.05) is 6.92 Å². The van der Waals surface area contributed by atoms with Crippen LogP contribution in [0.5, 0.6) is 0 Å². The Morgan fingerprint density at radius 1 is 1.44 bits per heavy atom. The third kappa shape index (κ3) is 5.82. The number of rotatable bonds is 4. The van der Waals surface area contributed by atoms with Gasteiger partial charge in [0.2, 0.25) is 0 Å². The Hall–Kier alpha value is 2.76. The van der Waals surface area contributed by atoms with Gasteiger partial charge in [0.1, 0.15) is 0 Å². The largest absolute Gasteiger partial charge is 0.674 e. The number of nitrogens with two attached hydrogens (primary N) is 1. The van der Waals surface area contributed by atoms with Crippen molar-refractivity contribution in [3.8, 4) is 0 Å². The van der Waals surface area contributed by atoms with Crippen LogP contribution in [-0.2, 0) is 0 Å². The first-order chi connectivity index (χ1) is 6.57. The third-order valence-electron chi connectivity index (χ3n) is 3.45. The number of hydrogen-bond acceptors (Lipinski definition) is 2. The zero-order valence-electron chi connectivity index (χ0n) is 10.4. The number of aliphatic hydroxyl groups excluding tert-OH is 1. The smallest absolute Gasteiger partial charge is 0.0595 e. The average molecular weight is 653 g/mol. The minimum absolute atomic E-state index is 0. The van der Waals surface area contributed by atoms with Crippen molar-refractivity contribution in [2.75, 3.05) is 0 Å². The summed E-state index contributed by atoms with van der Waals surface area (Å²) >= 11 is 0. The van der Waals surface area contributed by atoms with Gasteiger partial charge >= 0.3 is 0 Å². The van der Waals surface area contributed by atoms with Crippen molar-refractivity contribution in [2.45, 2.75) is 57.7 Å². The van der Waals surface area contributed by atoms with Crippen LogP contribution in [0.25, 0.3) is 5.73 Å². The minimum atomic E-state index is -0.357. The van der Waals surface area contributed by atoms with Gasteiger partial charge < -0.3 is 16.6 Å². The fourth-order valence-electron chi connectivity index (χ4n) is 2.51. The zero-order valence-corrected chi connectivity index (χ0v) is 19.9. The van der Waals surface area contributed by atoms with Crippen LogP contribution in [-0.4, -0.2) is 23.3 Å². The fourth-order valence-corrected chi connectivity index (χ4v) is 2.51. The number of hydrogen-bond donors (Lipinski definition) is 2. The number of unbranched alkanes of at least 4 members (excludes halogenated alkanes) is 1. The van der Waals surface area contributed by atoms with E-state index < -0.39 is 0 Å². The van der Waals surface area contributed by atoms with E-state index in [1.165, 1.54) is 0 Å². The first kappa shape index (κ1) is 21.1. The molecule has 3 nitrogen and oxygen atoms in total. The molecule has 0 aromatic heterocycles. The van der Waals surface area contributed by atoms with Crippen molar-refractivity contribution in [2.24, 2.45) is 17.6 Å². The first-order valence-corrected chi connectivity index (χ1v) is 5.72.